The zero-order chi connectivity index (χ0) is 24.3. The number of amides is 1. The van der Waals surface area contributed by atoms with Crippen molar-refractivity contribution in [3.05, 3.63) is 65.7 Å². The van der Waals surface area contributed by atoms with Gasteiger partial charge in [-0.15, -0.1) is 0 Å². The van der Waals surface area contributed by atoms with Crippen molar-refractivity contribution in [2.24, 2.45) is 5.92 Å². The average molecular weight is 465 g/mol. The van der Waals surface area contributed by atoms with Gasteiger partial charge in [-0.3, -0.25) is 14.4 Å². The van der Waals surface area contributed by atoms with Crippen LogP contribution < -0.4 is 10.1 Å². The van der Waals surface area contributed by atoms with Crippen molar-refractivity contribution in [3.63, 3.8) is 0 Å². The second-order valence-corrected chi connectivity index (χ2v) is 9.52. The first-order chi connectivity index (χ1) is 16.3. The molecule has 4 rings (SSSR count). The maximum absolute atomic E-state index is 13.0. The molecule has 0 spiro atoms. The quantitative estimate of drug-likeness (QED) is 0.540. The molecule has 2 fully saturated rings. The maximum atomic E-state index is 13.0. The highest BCUT2D eigenvalue weighted by atomic mass is 16.5. The summed E-state index contributed by atoms with van der Waals surface area (Å²) in [6.45, 7) is 4.47. The topological polar surface area (TPSA) is 84.9 Å². The minimum absolute atomic E-state index is 0.0487. The van der Waals surface area contributed by atoms with Crippen LogP contribution in [0.5, 0.6) is 5.75 Å². The molecule has 1 aliphatic carbocycles. The maximum Gasteiger partial charge on any atom is 0.308 e. The van der Waals surface area contributed by atoms with Crippen LogP contribution in [0.4, 0.5) is 0 Å². The number of nitrogens with one attached hydrogen (secondary N) is 1. The van der Waals surface area contributed by atoms with Crippen LogP contribution in [0.1, 0.15) is 49.0 Å². The lowest BCUT2D eigenvalue weighted by atomic mass is 9.57. The van der Waals surface area contributed by atoms with Crippen molar-refractivity contribution in [3.8, 4) is 5.75 Å². The fourth-order valence-electron chi connectivity index (χ4n) is 5.70. The molecule has 0 bridgehead atoms. The van der Waals surface area contributed by atoms with Gasteiger partial charge in [-0.25, -0.2) is 0 Å². The third-order valence-corrected chi connectivity index (χ3v) is 7.09. The van der Waals surface area contributed by atoms with Crippen molar-refractivity contribution in [1.29, 1.82) is 0 Å². The summed E-state index contributed by atoms with van der Waals surface area (Å²) in [6, 6.07) is 16.6. The zero-order valence-corrected chi connectivity index (χ0v) is 20.0. The SMILES string of the molecule is CC(=O)Oc1cccc(C23CCN(C)CC2C(OC(C)=O)C[C@H](NC(=O)c2ccccc2)C3)c1. The highest BCUT2D eigenvalue weighted by Gasteiger charge is 2.53. The van der Waals surface area contributed by atoms with Crippen molar-refractivity contribution >= 4 is 17.8 Å². The molecule has 4 atom stereocenters. The van der Waals surface area contributed by atoms with E-state index < -0.39 is 0 Å². The van der Waals surface area contributed by atoms with E-state index in [1.165, 1.54) is 13.8 Å². The van der Waals surface area contributed by atoms with Crippen molar-refractivity contribution in [1.82, 2.24) is 10.2 Å². The molecule has 1 amide bonds. The molecular weight excluding hydrogens is 432 g/mol. The standard InChI is InChI=1S/C27H32N2O5/c1-18(30)33-23-11-7-10-21(14-23)27-12-13-29(3)17-24(27)25(34-19(2)31)15-22(16-27)28-26(32)20-8-5-4-6-9-20/h4-11,14,22,24-25H,12-13,15-17H2,1-3H3,(H,28,32)/t22-,24?,25?,27?/m0/s1. The fraction of sp³-hybridized carbons (Fsp3) is 0.444. The zero-order valence-electron chi connectivity index (χ0n) is 20.0. The lowest BCUT2D eigenvalue weighted by molar-refractivity contribution is -0.157. The number of ether oxygens (including phenoxy) is 2. The lowest BCUT2D eigenvalue weighted by Crippen LogP contribution is -2.61. The molecule has 1 saturated carbocycles. The second-order valence-electron chi connectivity index (χ2n) is 9.52. The number of carbonyl (C=O) groups excluding carboxylic acids is 3. The van der Waals surface area contributed by atoms with E-state index in [9.17, 15) is 14.4 Å². The largest absolute Gasteiger partial charge is 0.462 e. The van der Waals surface area contributed by atoms with E-state index in [1.807, 2.05) is 30.3 Å². The molecular formula is C27H32N2O5. The Balaban J connectivity index is 1.71. The predicted octanol–water partition coefficient (Wildman–Crippen LogP) is 3.33. The molecule has 1 aliphatic heterocycles. The van der Waals surface area contributed by atoms with Crippen molar-refractivity contribution in [2.75, 3.05) is 20.1 Å². The number of hydrogen-bond acceptors (Lipinski definition) is 6. The van der Waals surface area contributed by atoms with Crippen LogP contribution >= 0.6 is 0 Å². The smallest absolute Gasteiger partial charge is 0.308 e. The molecule has 34 heavy (non-hydrogen) atoms. The molecule has 7 nitrogen and oxygen atoms in total. The van der Waals surface area contributed by atoms with Crippen molar-refractivity contribution < 1.29 is 23.9 Å². The van der Waals surface area contributed by atoms with Gasteiger partial charge >= 0.3 is 11.9 Å². The van der Waals surface area contributed by atoms with E-state index >= 15 is 0 Å². The van der Waals surface area contributed by atoms with E-state index in [4.69, 9.17) is 9.47 Å². The Kier molecular flexibility index (Phi) is 7.03. The molecule has 180 valence electrons. The highest BCUT2D eigenvalue weighted by molar-refractivity contribution is 5.94. The van der Waals surface area contributed by atoms with Gasteiger partial charge in [0.15, 0.2) is 0 Å². The van der Waals surface area contributed by atoms with Gasteiger partial charge in [0.1, 0.15) is 11.9 Å². The number of esters is 2. The van der Waals surface area contributed by atoms with Crippen LogP contribution in [-0.2, 0) is 19.7 Å². The number of hydrogen-bond donors (Lipinski definition) is 1. The molecule has 1 saturated heterocycles. The lowest BCUT2D eigenvalue weighted by Gasteiger charge is -2.55. The number of rotatable bonds is 5. The molecule has 1 heterocycles. The van der Waals surface area contributed by atoms with Crippen LogP contribution in [0.3, 0.4) is 0 Å². The van der Waals surface area contributed by atoms with Gasteiger partial charge in [-0.1, -0.05) is 30.3 Å². The summed E-state index contributed by atoms with van der Waals surface area (Å²) in [6.07, 6.45) is 1.77. The van der Waals surface area contributed by atoms with Crippen LogP contribution in [0.15, 0.2) is 54.6 Å². The summed E-state index contributed by atoms with van der Waals surface area (Å²) in [5.74, 6) is -0.286. The number of piperidine rings is 1. The molecule has 2 aromatic carbocycles. The Morgan fingerprint density at radius 3 is 2.50 bits per heavy atom. The Bertz CT molecular complexity index is 1060. The number of carbonyl (C=O) groups is 3. The third-order valence-electron chi connectivity index (χ3n) is 7.09. The Morgan fingerprint density at radius 2 is 1.79 bits per heavy atom. The van der Waals surface area contributed by atoms with Gasteiger partial charge in [0.2, 0.25) is 0 Å². The summed E-state index contributed by atoms with van der Waals surface area (Å²) in [5, 5.41) is 3.19. The summed E-state index contributed by atoms with van der Waals surface area (Å²) in [7, 11) is 2.08. The number of fused-ring (bicyclic) bond motifs is 1. The van der Waals surface area contributed by atoms with E-state index in [2.05, 4.69) is 23.3 Å². The van der Waals surface area contributed by atoms with E-state index in [1.54, 1.807) is 18.2 Å². The predicted molar refractivity (Wildman–Crippen MR) is 128 cm³/mol. The van der Waals surface area contributed by atoms with Crippen LogP contribution in [0, 0.1) is 5.92 Å². The Hall–Kier alpha value is -3.19. The normalized spacial score (nSPS) is 26.7. The molecule has 2 aliphatic rings. The molecule has 2 aromatic rings. The van der Waals surface area contributed by atoms with Crippen LogP contribution in [-0.4, -0.2) is 55.0 Å². The Morgan fingerprint density at radius 1 is 1.03 bits per heavy atom. The van der Waals surface area contributed by atoms with Gasteiger partial charge < -0.3 is 19.7 Å². The van der Waals surface area contributed by atoms with Gasteiger partial charge in [0, 0.05) is 49.8 Å². The summed E-state index contributed by atoms with van der Waals surface area (Å²) in [4.78, 5) is 38.9. The Labute approximate surface area is 200 Å². The number of nitrogens with zero attached hydrogens (tertiary/aromatic N) is 1. The third kappa shape index (κ3) is 5.14. The van der Waals surface area contributed by atoms with Gasteiger partial charge in [-0.2, -0.15) is 0 Å². The fourth-order valence-corrected chi connectivity index (χ4v) is 5.70. The number of likely N-dealkylation sites (tertiary alicyclic amines) is 1. The first-order valence-electron chi connectivity index (χ1n) is 11.8. The summed E-state index contributed by atoms with van der Waals surface area (Å²) < 4.78 is 11.2. The first kappa shape index (κ1) is 24.0. The van der Waals surface area contributed by atoms with Crippen LogP contribution in [0.2, 0.25) is 0 Å². The average Bonchev–Trinajstić information content (AvgIpc) is 2.79. The summed E-state index contributed by atoms with van der Waals surface area (Å²) >= 11 is 0. The monoisotopic (exact) mass is 464 g/mol. The van der Waals surface area contributed by atoms with Crippen molar-refractivity contribution in [2.45, 2.75) is 50.7 Å². The number of benzene rings is 2. The first-order valence-corrected chi connectivity index (χ1v) is 11.8. The van der Waals surface area contributed by atoms with E-state index in [0.717, 1.165) is 25.1 Å². The molecule has 0 aromatic heterocycles. The highest BCUT2D eigenvalue weighted by Crippen LogP contribution is 2.50. The summed E-state index contributed by atoms with van der Waals surface area (Å²) in [5.41, 5.74) is 1.30. The van der Waals surface area contributed by atoms with Gasteiger partial charge in [0.05, 0.1) is 0 Å². The van der Waals surface area contributed by atoms with E-state index in [0.29, 0.717) is 24.2 Å². The minimum Gasteiger partial charge on any atom is -0.462 e. The minimum atomic E-state index is -0.371. The van der Waals surface area contributed by atoms with Gasteiger partial charge in [0.25, 0.3) is 5.91 Å². The second kappa shape index (κ2) is 9.97. The molecule has 1 N–H and O–H groups in total. The molecule has 7 heteroatoms. The molecule has 3 unspecified atom stereocenters. The van der Waals surface area contributed by atoms with E-state index in [-0.39, 0.29) is 41.3 Å². The van der Waals surface area contributed by atoms with Gasteiger partial charge in [-0.05, 0) is 56.3 Å². The van der Waals surface area contributed by atoms with Crippen LogP contribution in [0.25, 0.3) is 0 Å². The molecule has 0 radical (unpaired) electrons.